The predicted molar refractivity (Wildman–Crippen MR) is 109 cm³/mol. The zero-order valence-corrected chi connectivity index (χ0v) is 16.7. The van der Waals surface area contributed by atoms with Gasteiger partial charge in [0, 0.05) is 31.7 Å². The molecule has 5 heteroatoms. The van der Waals surface area contributed by atoms with Crippen molar-refractivity contribution in [2.45, 2.75) is 45.4 Å². The fourth-order valence-electron chi connectivity index (χ4n) is 4.25. The summed E-state index contributed by atoms with van der Waals surface area (Å²) < 4.78 is 0. The van der Waals surface area contributed by atoms with E-state index in [0.29, 0.717) is 18.9 Å². The SMILES string of the molecule is CCCCc1ccc(N2CC(C(=O)N3CCC(CNC)CC3)CC2=O)cc1. The maximum absolute atomic E-state index is 12.9. The van der Waals surface area contributed by atoms with E-state index in [4.69, 9.17) is 0 Å². The molecule has 0 aliphatic carbocycles. The summed E-state index contributed by atoms with van der Waals surface area (Å²) >= 11 is 0. The lowest BCUT2D eigenvalue weighted by molar-refractivity contribution is -0.137. The number of unbranched alkanes of at least 4 members (excludes halogenated alkanes) is 1. The van der Waals surface area contributed by atoms with Crippen molar-refractivity contribution in [1.82, 2.24) is 10.2 Å². The minimum atomic E-state index is -0.196. The number of hydrogen-bond acceptors (Lipinski definition) is 3. The molecule has 2 saturated heterocycles. The van der Waals surface area contributed by atoms with Crippen molar-refractivity contribution >= 4 is 17.5 Å². The maximum atomic E-state index is 12.9. The highest BCUT2D eigenvalue weighted by molar-refractivity contribution is 6.00. The highest BCUT2D eigenvalue weighted by Gasteiger charge is 2.38. The van der Waals surface area contributed by atoms with Crippen LogP contribution in [-0.2, 0) is 16.0 Å². The number of likely N-dealkylation sites (tertiary alicyclic amines) is 1. The van der Waals surface area contributed by atoms with Crippen molar-refractivity contribution in [2.24, 2.45) is 11.8 Å². The van der Waals surface area contributed by atoms with Crippen LogP contribution in [0.3, 0.4) is 0 Å². The Kier molecular flexibility index (Phi) is 6.89. The van der Waals surface area contributed by atoms with E-state index in [1.54, 1.807) is 4.90 Å². The number of carbonyl (C=O) groups excluding carboxylic acids is 2. The number of benzene rings is 1. The van der Waals surface area contributed by atoms with Gasteiger partial charge in [-0.05, 0) is 62.9 Å². The van der Waals surface area contributed by atoms with Crippen LogP contribution in [0.4, 0.5) is 5.69 Å². The van der Waals surface area contributed by atoms with Crippen LogP contribution in [0.5, 0.6) is 0 Å². The summed E-state index contributed by atoms with van der Waals surface area (Å²) in [5.74, 6) is 0.693. The fourth-order valence-corrected chi connectivity index (χ4v) is 4.25. The third-order valence-electron chi connectivity index (χ3n) is 5.96. The van der Waals surface area contributed by atoms with Crippen LogP contribution in [0.15, 0.2) is 24.3 Å². The van der Waals surface area contributed by atoms with Gasteiger partial charge in [0.2, 0.25) is 11.8 Å². The number of nitrogens with one attached hydrogen (secondary N) is 1. The molecule has 2 aliphatic rings. The van der Waals surface area contributed by atoms with Crippen LogP contribution in [0, 0.1) is 11.8 Å². The van der Waals surface area contributed by atoms with E-state index in [0.717, 1.165) is 44.6 Å². The molecule has 148 valence electrons. The molecular formula is C22H33N3O2. The average molecular weight is 372 g/mol. The van der Waals surface area contributed by atoms with Gasteiger partial charge in [-0.25, -0.2) is 0 Å². The Labute approximate surface area is 163 Å². The molecule has 0 bridgehead atoms. The standard InChI is InChI=1S/C22H33N3O2/c1-3-4-5-17-6-8-20(9-7-17)25-16-19(14-21(25)26)22(27)24-12-10-18(11-13-24)15-23-2/h6-9,18-19,23H,3-5,10-16H2,1-2H3. The molecule has 1 N–H and O–H groups in total. The van der Waals surface area contributed by atoms with Gasteiger partial charge in [0.15, 0.2) is 0 Å². The molecule has 2 fully saturated rings. The molecule has 27 heavy (non-hydrogen) atoms. The first-order valence-electron chi connectivity index (χ1n) is 10.4. The van der Waals surface area contributed by atoms with Crippen molar-refractivity contribution in [3.63, 3.8) is 0 Å². The first-order chi connectivity index (χ1) is 13.1. The lowest BCUT2D eigenvalue weighted by Gasteiger charge is -2.33. The third-order valence-corrected chi connectivity index (χ3v) is 5.96. The summed E-state index contributed by atoms with van der Waals surface area (Å²) in [5, 5.41) is 3.23. The van der Waals surface area contributed by atoms with Gasteiger partial charge in [-0.2, -0.15) is 0 Å². The summed E-state index contributed by atoms with van der Waals surface area (Å²) in [6.45, 7) is 5.37. The molecule has 1 atom stereocenters. The van der Waals surface area contributed by atoms with Crippen molar-refractivity contribution in [2.75, 3.05) is 38.1 Å². The zero-order chi connectivity index (χ0) is 19.2. The van der Waals surface area contributed by atoms with Gasteiger partial charge < -0.3 is 15.1 Å². The van der Waals surface area contributed by atoms with Crippen LogP contribution in [0.2, 0.25) is 0 Å². The largest absolute Gasteiger partial charge is 0.342 e. The summed E-state index contributed by atoms with van der Waals surface area (Å²) in [6, 6.07) is 8.28. The minimum Gasteiger partial charge on any atom is -0.342 e. The normalized spacial score (nSPS) is 21.1. The lowest BCUT2D eigenvalue weighted by atomic mass is 9.95. The number of anilines is 1. The van der Waals surface area contributed by atoms with Crippen molar-refractivity contribution < 1.29 is 9.59 Å². The molecule has 0 spiro atoms. The van der Waals surface area contributed by atoms with Crippen molar-refractivity contribution in [1.29, 1.82) is 0 Å². The second-order valence-electron chi connectivity index (χ2n) is 8.00. The van der Waals surface area contributed by atoms with E-state index in [1.807, 2.05) is 24.1 Å². The second kappa shape index (κ2) is 9.36. The monoisotopic (exact) mass is 371 g/mol. The highest BCUT2D eigenvalue weighted by atomic mass is 16.2. The predicted octanol–water partition coefficient (Wildman–Crippen LogP) is 2.84. The molecule has 0 radical (unpaired) electrons. The number of nitrogens with zero attached hydrogens (tertiary/aromatic N) is 2. The van der Waals surface area contributed by atoms with E-state index in [-0.39, 0.29) is 17.7 Å². The maximum Gasteiger partial charge on any atom is 0.228 e. The Morgan fingerprint density at radius 1 is 1.19 bits per heavy atom. The number of aryl methyl sites for hydroxylation is 1. The molecular weight excluding hydrogens is 338 g/mol. The number of hydrogen-bond donors (Lipinski definition) is 1. The topological polar surface area (TPSA) is 52.7 Å². The number of carbonyl (C=O) groups is 2. The van der Waals surface area contributed by atoms with Gasteiger partial charge in [-0.3, -0.25) is 9.59 Å². The van der Waals surface area contributed by atoms with Crippen LogP contribution >= 0.6 is 0 Å². The number of amides is 2. The van der Waals surface area contributed by atoms with Crippen LogP contribution < -0.4 is 10.2 Å². The van der Waals surface area contributed by atoms with Gasteiger partial charge in [0.05, 0.1) is 5.92 Å². The molecule has 2 aliphatic heterocycles. The molecule has 1 unspecified atom stereocenters. The Hall–Kier alpha value is -1.88. The number of rotatable bonds is 7. The quantitative estimate of drug-likeness (QED) is 0.802. The summed E-state index contributed by atoms with van der Waals surface area (Å²) in [5.41, 5.74) is 2.23. The average Bonchev–Trinajstić information content (AvgIpc) is 3.09. The lowest BCUT2D eigenvalue weighted by Crippen LogP contribution is -2.43. The van der Waals surface area contributed by atoms with E-state index in [2.05, 4.69) is 24.4 Å². The van der Waals surface area contributed by atoms with Crippen LogP contribution in [0.1, 0.15) is 44.6 Å². The third kappa shape index (κ3) is 4.89. The molecule has 1 aromatic rings. The minimum absolute atomic E-state index is 0.0692. The Bertz CT molecular complexity index is 635. The van der Waals surface area contributed by atoms with Crippen LogP contribution in [0.25, 0.3) is 0 Å². The smallest absolute Gasteiger partial charge is 0.228 e. The number of piperidine rings is 1. The molecule has 5 nitrogen and oxygen atoms in total. The van der Waals surface area contributed by atoms with Gasteiger partial charge in [-0.1, -0.05) is 25.5 Å². The first kappa shape index (κ1) is 19.9. The molecule has 1 aromatic carbocycles. The van der Waals surface area contributed by atoms with E-state index >= 15 is 0 Å². The first-order valence-corrected chi connectivity index (χ1v) is 10.4. The van der Waals surface area contributed by atoms with Crippen molar-refractivity contribution in [3.05, 3.63) is 29.8 Å². The highest BCUT2D eigenvalue weighted by Crippen LogP contribution is 2.28. The van der Waals surface area contributed by atoms with Crippen molar-refractivity contribution in [3.8, 4) is 0 Å². The van der Waals surface area contributed by atoms with Gasteiger partial charge in [0.25, 0.3) is 0 Å². The Balaban J connectivity index is 1.56. The van der Waals surface area contributed by atoms with E-state index in [1.165, 1.54) is 18.4 Å². The van der Waals surface area contributed by atoms with Gasteiger partial charge in [0.1, 0.15) is 0 Å². The summed E-state index contributed by atoms with van der Waals surface area (Å²) in [6.07, 6.45) is 5.89. The molecule has 2 amide bonds. The second-order valence-corrected chi connectivity index (χ2v) is 8.00. The van der Waals surface area contributed by atoms with Gasteiger partial charge in [-0.15, -0.1) is 0 Å². The summed E-state index contributed by atoms with van der Waals surface area (Å²) in [7, 11) is 1.98. The van der Waals surface area contributed by atoms with E-state index < -0.39 is 0 Å². The molecule has 0 aromatic heterocycles. The summed E-state index contributed by atoms with van der Waals surface area (Å²) in [4.78, 5) is 29.2. The molecule has 0 saturated carbocycles. The van der Waals surface area contributed by atoms with Gasteiger partial charge >= 0.3 is 0 Å². The fraction of sp³-hybridized carbons (Fsp3) is 0.636. The zero-order valence-electron chi connectivity index (χ0n) is 16.7. The Morgan fingerprint density at radius 2 is 1.89 bits per heavy atom. The van der Waals surface area contributed by atoms with Crippen LogP contribution in [-0.4, -0.2) is 49.9 Å². The molecule has 2 heterocycles. The van der Waals surface area contributed by atoms with E-state index in [9.17, 15) is 9.59 Å². The Morgan fingerprint density at radius 3 is 2.52 bits per heavy atom. The molecule has 3 rings (SSSR count).